The van der Waals surface area contributed by atoms with Crippen molar-refractivity contribution >= 4 is 68.2 Å². The van der Waals surface area contributed by atoms with Gasteiger partial charge in [-0.3, -0.25) is 14.9 Å². The second-order valence-corrected chi connectivity index (χ2v) is 12.8. The number of fused-ring (bicyclic) bond motifs is 1. The Bertz CT molecular complexity index is 1790. The molecule has 0 saturated heterocycles. The van der Waals surface area contributed by atoms with Gasteiger partial charge < -0.3 is 10.1 Å². The summed E-state index contributed by atoms with van der Waals surface area (Å²) >= 11 is 13.4. The van der Waals surface area contributed by atoms with E-state index in [1.165, 1.54) is 36.4 Å². The molecule has 0 aromatic heterocycles. The monoisotopic (exact) mass is 626 g/mol. The van der Waals surface area contributed by atoms with Crippen LogP contribution in [0.2, 0.25) is 10.0 Å². The summed E-state index contributed by atoms with van der Waals surface area (Å²) in [6.45, 7) is 0.158. The molecule has 0 radical (unpaired) electrons. The number of rotatable bonds is 8. The summed E-state index contributed by atoms with van der Waals surface area (Å²) in [5, 5.41) is 15.0. The van der Waals surface area contributed by atoms with Crippen LogP contribution < -0.4 is 10.1 Å². The molecule has 0 atom stereocenters. The van der Waals surface area contributed by atoms with Crippen molar-refractivity contribution in [2.24, 2.45) is 0 Å². The Morgan fingerprint density at radius 2 is 1.68 bits per heavy atom. The average molecular weight is 628 g/mol. The van der Waals surface area contributed by atoms with Crippen molar-refractivity contribution < 1.29 is 22.9 Å². The lowest BCUT2D eigenvalue weighted by atomic mass is 10.1. The fourth-order valence-electron chi connectivity index (χ4n) is 4.05. The maximum absolute atomic E-state index is 13.2. The third kappa shape index (κ3) is 6.57. The van der Waals surface area contributed by atoms with Crippen LogP contribution in [0.4, 0.5) is 11.4 Å². The van der Waals surface area contributed by atoms with Crippen LogP contribution in [-0.2, 0) is 27.0 Å². The molecule has 208 valence electrons. The minimum absolute atomic E-state index is 0.0331. The maximum Gasteiger partial charge on any atom is 0.311 e. The van der Waals surface area contributed by atoms with Gasteiger partial charge in [0, 0.05) is 26.6 Å². The first-order valence-corrected chi connectivity index (χ1v) is 15.3. The number of carbonyl (C=O) groups is 1. The molecule has 0 aliphatic carbocycles. The quantitative estimate of drug-likeness (QED) is 0.122. The van der Waals surface area contributed by atoms with Crippen LogP contribution >= 0.6 is 35.0 Å². The van der Waals surface area contributed by atoms with Gasteiger partial charge in [-0.15, -0.1) is 0 Å². The van der Waals surface area contributed by atoms with Crippen LogP contribution in [-0.4, -0.2) is 19.2 Å². The number of nitrogens with zero attached hydrogens (tertiary/aromatic N) is 1. The van der Waals surface area contributed by atoms with Crippen LogP contribution in [0.3, 0.4) is 0 Å². The molecular formula is C29H20Cl2N2O6S2. The van der Waals surface area contributed by atoms with Gasteiger partial charge in [-0.2, -0.15) is 0 Å². The highest BCUT2D eigenvalue weighted by Crippen LogP contribution is 2.41. The van der Waals surface area contributed by atoms with E-state index in [-0.39, 0.29) is 37.9 Å². The Labute approximate surface area is 250 Å². The van der Waals surface area contributed by atoms with E-state index in [2.05, 4.69) is 5.32 Å². The molecule has 1 amide bonds. The van der Waals surface area contributed by atoms with Crippen molar-refractivity contribution in [3.8, 4) is 5.75 Å². The molecule has 4 aromatic rings. The second-order valence-electron chi connectivity index (χ2n) is 8.94. The zero-order valence-electron chi connectivity index (χ0n) is 21.0. The van der Waals surface area contributed by atoms with E-state index in [0.717, 1.165) is 17.3 Å². The Morgan fingerprint density at radius 3 is 2.39 bits per heavy atom. The highest BCUT2D eigenvalue weighted by atomic mass is 35.5. The number of thioether (sulfide) groups is 1. The van der Waals surface area contributed by atoms with Crippen molar-refractivity contribution in [2.45, 2.75) is 22.2 Å². The molecule has 5 rings (SSSR count). The van der Waals surface area contributed by atoms with E-state index in [9.17, 15) is 23.3 Å². The SMILES string of the molecule is O=C1Nc2ccc(S(=O)(=O)Cc3c(Cl)cccc3Cl)cc2SC1=Cc1ccc(OCc2ccccc2)c([N+](=O)[O-])c1. The molecule has 0 bridgehead atoms. The van der Waals surface area contributed by atoms with Crippen LogP contribution in [0.5, 0.6) is 5.75 Å². The number of nitro benzene ring substituents is 1. The lowest BCUT2D eigenvalue weighted by Gasteiger charge is -2.19. The number of ether oxygens (including phenoxy) is 1. The van der Waals surface area contributed by atoms with Crippen LogP contribution in [0.1, 0.15) is 16.7 Å². The summed E-state index contributed by atoms with van der Waals surface area (Å²) in [6, 6.07) is 22.8. The van der Waals surface area contributed by atoms with E-state index >= 15 is 0 Å². The first kappa shape index (κ1) is 28.7. The van der Waals surface area contributed by atoms with Gasteiger partial charge in [0.2, 0.25) is 0 Å². The zero-order valence-corrected chi connectivity index (χ0v) is 24.2. The molecule has 0 saturated carbocycles. The number of anilines is 1. The van der Waals surface area contributed by atoms with Crippen LogP contribution in [0.15, 0.2) is 99.6 Å². The maximum atomic E-state index is 13.2. The lowest BCUT2D eigenvalue weighted by molar-refractivity contribution is -0.386. The van der Waals surface area contributed by atoms with Gasteiger partial charge in [-0.1, -0.05) is 77.4 Å². The lowest BCUT2D eigenvalue weighted by Crippen LogP contribution is -2.17. The third-order valence-corrected chi connectivity index (χ3v) is 9.54. The molecule has 1 heterocycles. The average Bonchev–Trinajstić information content (AvgIpc) is 2.95. The number of hydrogen-bond donors (Lipinski definition) is 1. The van der Waals surface area contributed by atoms with E-state index < -0.39 is 26.4 Å². The summed E-state index contributed by atoms with van der Waals surface area (Å²) in [7, 11) is -3.83. The van der Waals surface area contributed by atoms with Crippen LogP contribution in [0.25, 0.3) is 6.08 Å². The number of nitrogens with one attached hydrogen (secondary N) is 1. The largest absolute Gasteiger partial charge is 0.482 e. The van der Waals surface area contributed by atoms with Gasteiger partial charge in [0.05, 0.1) is 26.2 Å². The first-order chi connectivity index (χ1) is 19.6. The summed E-state index contributed by atoms with van der Waals surface area (Å²) in [6.07, 6.45) is 1.50. The molecule has 0 fully saturated rings. The number of benzene rings is 4. The highest BCUT2D eigenvalue weighted by molar-refractivity contribution is 8.04. The van der Waals surface area contributed by atoms with Crippen molar-refractivity contribution in [1.82, 2.24) is 0 Å². The van der Waals surface area contributed by atoms with E-state index in [0.29, 0.717) is 21.7 Å². The number of amides is 1. The van der Waals surface area contributed by atoms with Gasteiger partial charge in [-0.05, 0) is 53.6 Å². The summed E-state index contributed by atoms with van der Waals surface area (Å²) in [4.78, 5) is 24.8. The van der Waals surface area contributed by atoms with E-state index in [4.69, 9.17) is 27.9 Å². The van der Waals surface area contributed by atoms with Crippen molar-refractivity contribution in [1.29, 1.82) is 0 Å². The molecule has 4 aromatic carbocycles. The molecule has 0 unspecified atom stereocenters. The van der Waals surface area contributed by atoms with Crippen molar-refractivity contribution in [3.63, 3.8) is 0 Å². The first-order valence-electron chi connectivity index (χ1n) is 12.1. The van der Waals surface area contributed by atoms with Crippen molar-refractivity contribution in [2.75, 3.05) is 5.32 Å². The number of halogens is 2. The standard InChI is InChI=1S/C29H20Cl2N2O6S2/c30-22-7-4-8-23(31)21(22)17-41(37,38)20-10-11-24-27(15-20)40-28(29(34)32-24)14-19-9-12-26(25(13-19)33(35)36)39-16-18-5-2-1-3-6-18/h1-15H,16-17H2,(H,32,34). The number of carbonyl (C=O) groups excluding carboxylic acids is 1. The smallest absolute Gasteiger partial charge is 0.311 e. The van der Waals surface area contributed by atoms with Crippen molar-refractivity contribution in [3.05, 3.63) is 127 Å². The van der Waals surface area contributed by atoms with Crippen LogP contribution in [0, 0.1) is 10.1 Å². The van der Waals surface area contributed by atoms with Gasteiger partial charge in [-0.25, -0.2) is 8.42 Å². The summed E-state index contributed by atoms with van der Waals surface area (Å²) in [5.74, 6) is -0.722. The topological polar surface area (TPSA) is 116 Å². The fourth-order valence-corrected chi connectivity index (χ4v) is 7.23. The number of hydrogen-bond acceptors (Lipinski definition) is 7. The van der Waals surface area contributed by atoms with E-state index in [1.54, 1.807) is 24.3 Å². The predicted molar refractivity (Wildman–Crippen MR) is 160 cm³/mol. The molecule has 12 heteroatoms. The van der Waals surface area contributed by atoms with Gasteiger partial charge in [0.1, 0.15) is 6.61 Å². The minimum atomic E-state index is -3.83. The van der Waals surface area contributed by atoms with Gasteiger partial charge in [0.25, 0.3) is 5.91 Å². The molecule has 1 aliphatic heterocycles. The Kier molecular flexibility index (Phi) is 8.37. The molecule has 1 aliphatic rings. The summed E-state index contributed by atoms with van der Waals surface area (Å²) < 4.78 is 32.1. The number of sulfone groups is 1. The van der Waals surface area contributed by atoms with Gasteiger partial charge >= 0.3 is 5.69 Å². The number of nitro groups is 1. The molecular weight excluding hydrogens is 607 g/mol. The fraction of sp³-hybridized carbons (Fsp3) is 0.0690. The second kappa shape index (κ2) is 12.0. The Morgan fingerprint density at radius 1 is 0.951 bits per heavy atom. The normalized spacial score (nSPS) is 13.9. The highest BCUT2D eigenvalue weighted by Gasteiger charge is 2.26. The minimum Gasteiger partial charge on any atom is -0.482 e. The Hall–Kier alpha value is -3.83. The third-order valence-electron chi connectivity index (χ3n) is 6.11. The molecule has 0 spiro atoms. The molecule has 8 nitrogen and oxygen atoms in total. The Balaban J connectivity index is 1.40. The predicted octanol–water partition coefficient (Wildman–Crippen LogP) is 7.54. The molecule has 1 N–H and O–H groups in total. The zero-order chi connectivity index (χ0) is 29.1. The van der Waals surface area contributed by atoms with E-state index in [1.807, 2.05) is 30.3 Å². The van der Waals surface area contributed by atoms with Gasteiger partial charge in [0.15, 0.2) is 15.6 Å². The summed E-state index contributed by atoms with van der Waals surface area (Å²) in [5.41, 5.74) is 1.76. The molecule has 41 heavy (non-hydrogen) atoms.